The van der Waals surface area contributed by atoms with Crippen LogP contribution in [0.4, 0.5) is 5.69 Å². The summed E-state index contributed by atoms with van der Waals surface area (Å²) in [5.41, 5.74) is 2.34. The number of aromatic hydroxyl groups is 1. The molecule has 2 heterocycles. The maximum atomic E-state index is 9.56. The lowest BCUT2D eigenvalue weighted by Gasteiger charge is -2.24. The summed E-state index contributed by atoms with van der Waals surface area (Å²) in [6, 6.07) is 0.427. The number of aromatic amines is 1. The van der Waals surface area contributed by atoms with Crippen molar-refractivity contribution in [3.8, 4) is 5.88 Å². The second-order valence-electron chi connectivity index (χ2n) is 3.96. The maximum absolute atomic E-state index is 9.56. The van der Waals surface area contributed by atoms with Crippen molar-refractivity contribution in [2.75, 3.05) is 11.9 Å². The Balaban J connectivity index is 2.50. The molecule has 5 nitrogen and oxygen atoms in total. The molecule has 1 atom stereocenters. The summed E-state index contributed by atoms with van der Waals surface area (Å²) in [5.74, 6) is -0.00574. The van der Waals surface area contributed by atoms with E-state index in [4.69, 9.17) is 0 Å². The predicted octanol–water partition coefficient (Wildman–Crippen LogP) is 1.90. The van der Waals surface area contributed by atoms with Crippen LogP contribution in [0.15, 0.2) is 12.5 Å². The molecule has 86 valence electrons. The molecular weight excluding hydrogens is 204 g/mol. The Kier molecular flexibility index (Phi) is 2.68. The molecule has 0 bridgehead atoms. The van der Waals surface area contributed by atoms with Gasteiger partial charge in [0.2, 0.25) is 5.88 Å². The third-order valence-corrected chi connectivity index (χ3v) is 3.06. The lowest BCUT2D eigenvalue weighted by molar-refractivity contribution is 0.458. The molecule has 2 rings (SSSR count). The van der Waals surface area contributed by atoms with Crippen LogP contribution in [-0.2, 0) is 0 Å². The first-order valence-electron chi connectivity index (χ1n) is 5.39. The molecule has 2 aromatic rings. The minimum atomic E-state index is -0.00574. The standard InChI is InChI=1S/C11H16N4O/c1-4-7(2)15(3)8-5-12-10-9(8)13-6-14-11(10)16/h5-7,12H,4H2,1-3H3,(H,13,14,16)/t7-/m0/s1. The molecule has 0 aliphatic heterocycles. The molecule has 2 aromatic heterocycles. The van der Waals surface area contributed by atoms with E-state index >= 15 is 0 Å². The monoisotopic (exact) mass is 220 g/mol. The van der Waals surface area contributed by atoms with Crippen LogP contribution in [-0.4, -0.2) is 33.1 Å². The van der Waals surface area contributed by atoms with Gasteiger partial charge in [-0.25, -0.2) is 9.97 Å². The molecule has 0 aromatic carbocycles. The van der Waals surface area contributed by atoms with Crippen molar-refractivity contribution in [1.29, 1.82) is 0 Å². The van der Waals surface area contributed by atoms with E-state index in [1.54, 1.807) is 0 Å². The zero-order valence-corrected chi connectivity index (χ0v) is 9.73. The average molecular weight is 220 g/mol. The number of rotatable bonds is 3. The van der Waals surface area contributed by atoms with Gasteiger partial charge >= 0.3 is 0 Å². The highest BCUT2D eigenvalue weighted by molar-refractivity contribution is 5.91. The number of aromatic nitrogens is 3. The largest absolute Gasteiger partial charge is 0.492 e. The predicted molar refractivity (Wildman–Crippen MR) is 63.7 cm³/mol. The first-order valence-corrected chi connectivity index (χ1v) is 5.39. The Hall–Kier alpha value is -1.78. The van der Waals surface area contributed by atoms with Gasteiger partial charge in [0.1, 0.15) is 17.4 Å². The summed E-state index contributed by atoms with van der Waals surface area (Å²) in [4.78, 5) is 13.1. The smallest absolute Gasteiger partial charge is 0.239 e. The Morgan fingerprint density at radius 2 is 2.25 bits per heavy atom. The van der Waals surface area contributed by atoms with Crippen LogP contribution in [0.1, 0.15) is 20.3 Å². The first-order chi connectivity index (χ1) is 7.65. The normalized spacial score (nSPS) is 12.9. The Morgan fingerprint density at radius 1 is 1.50 bits per heavy atom. The van der Waals surface area contributed by atoms with Crippen LogP contribution < -0.4 is 4.90 Å². The Morgan fingerprint density at radius 3 is 2.94 bits per heavy atom. The van der Waals surface area contributed by atoms with Crippen molar-refractivity contribution >= 4 is 16.7 Å². The molecule has 0 unspecified atom stereocenters. The Labute approximate surface area is 94.1 Å². The summed E-state index contributed by atoms with van der Waals surface area (Å²) in [6.07, 6.45) is 4.28. The van der Waals surface area contributed by atoms with E-state index in [0.29, 0.717) is 11.6 Å². The van der Waals surface area contributed by atoms with E-state index < -0.39 is 0 Å². The van der Waals surface area contributed by atoms with Crippen molar-refractivity contribution in [1.82, 2.24) is 15.0 Å². The van der Waals surface area contributed by atoms with Crippen LogP contribution in [0, 0.1) is 0 Å². The number of nitrogens with zero attached hydrogens (tertiary/aromatic N) is 3. The quantitative estimate of drug-likeness (QED) is 0.829. The second kappa shape index (κ2) is 4.00. The minimum absolute atomic E-state index is 0.00574. The molecular formula is C11H16N4O. The first kappa shape index (κ1) is 10.7. The number of H-pyrrole nitrogens is 1. The second-order valence-corrected chi connectivity index (χ2v) is 3.96. The van der Waals surface area contributed by atoms with Crippen molar-refractivity contribution in [3.63, 3.8) is 0 Å². The van der Waals surface area contributed by atoms with Crippen molar-refractivity contribution in [2.45, 2.75) is 26.3 Å². The fourth-order valence-electron chi connectivity index (χ4n) is 1.69. The zero-order valence-electron chi connectivity index (χ0n) is 9.73. The van der Waals surface area contributed by atoms with Gasteiger partial charge in [0.05, 0.1) is 5.69 Å². The highest BCUT2D eigenvalue weighted by atomic mass is 16.3. The summed E-state index contributed by atoms with van der Waals surface area (Å²) in [7, 11) is 2.02. The number of fused-ring (bicyclic) bond motifs is 1. The molecule has 5 heteroatoms. The number of hydrogen-bond donors (Lipinski definition) is 2. The Bertz CT molecular complexity index is 494. The van der Waals surface area contributed by atoms with Crippen LogP contribution in [0.5, 0.6) is 5.88 Å². The third kappa shape index (κ3) is 1.58. The van der Waals surface area contributed by atoms with Crippen LogP contribution in [0.25, 0.3) is 11.0 Å². The van der Waals surface area contributed by atoms with Crippen LogP contribution in [0.3, 0.4) is 0 Å². The van der Waals surface area contributed by atoms with Gasteiger partial charge in [-0.05, 0) is 13.3 Å². The average Bonchev–Trinajstić information content (AvgIpc) is 2.72. The molecule has 0 aliphatic rings. The van der Waals surface area contributed by atoms with E-state index in [1.807, 2.05) is 13.2 Å². The zero-order chi connectivity index (χ0) is 11.7. The lowest BCUT2D eigenvalue weighted by Crippen LogP contribution is -2.27. The van der Waals surface area contributed by atoms with E-state index in [0.717, 1.165) is 17.6 Å². The van der Waals surface area contributed by atoms with E-state index in [2.05, 4.69) is 33.7 Å². The summed E-state index contributed by atoms with van der Waals surface area (Å²) >= 11 is 0. The molecule has 0 radical (unpaired) electrons. The van der Waals surface area contributed by atoms with Gasteiger partial charge in [0.15, 0.2) is 0 Å². The fourth-order valence-corrected chi connectivity index (χ4v) is 1.69. The fraction of sp³-hybridized carbons (Fsp3) is 0.455. The minimum Gasteiger partial charge on any atom is -0.492 e. The molecule has 0 fully saturated rings. The SMILES string of the molecule is CC[C@H](C)N(C)c1c[nH]c2c(O)ncnc12. The third-order valence-electron chi connectivity index (χ3n) is 3.06. The molecule has 0 amide bonds. The highest BCUT2D eigenvalue weighted by Gasteiger charge is 2.15. The van der Waals surface area contributed by atoms with Gasteiger partial charge in [-0.15, -0.1) is 0 Å². The van der Waals surface area contributed by atoms with Crippen molar-refractivity contribution < 1.29 is 5.11 Å². The van der Waals surface area contributed by atoms with Crippen molar-refractivity contribution in [2.24, 2.45) is 0 Å². The van der Waals surface area contributed by atoms with Crippen LogP contribution >= 0.6 is 0 Å². The van der Waals surface area contributed by atoms with Gasteiger partial charge in [-0.2, -0.15) is 0 Å². The van der Waals surface area contributed by atoms with Gasteiger partial charge in [-0.1, -0.05) is 6.92 Å². The topological polar surface area (TPSA) is 65.0 Å². The molecule has 0 aliphatic carbocycles. The van der Waals surface area contributed by atoms with Gasteiger partial charge in [0, 0.05) is 19.3 Å². The van der Waals surface area contributed by atoms with Crippen molar-refractivity contribution in [3.05, 3.63) is 12.5 Å². The highest BCUT2D eigenvalue weighted by Crippen LogP contribution is 2.29. The summed E-state index contributed by atoms with van der Waals surface area (Å²) < 4.78 is 0. The molecule has 0 saturated carbocycles. The van der Waals surface area contributed by atoms with Gasteiger partial charge in [-0.3, -0.25) is 0 Å². The van der Waals surface area contributed by atoms with Gasteiger partial charge < -0.3 is 15.0 Å². The van der Waals surface area contributed by atoms with Gasteiger partial charge in [0.25, 0.3) is 0 Å². The maximum Gasteiger partial charge on any atom is 0.239 e. The molecule has 0 spiro atoms. The number of anilines is 1. The lowest BCUT2D eigenvalue weighted by atomic mass is 10.2. The van der Waals surface area contributed by atoms with Crippen LogP contribution in [0.2, 0.25) is 0 Å². The summed E-state index contributed by atoms with van der Waals surface area (Å²) in [5, 5.41) is 9.56. The summed E-state index contributed by atoms with van der Waals surface area (Å²) in [6.45, 7) is 4.29. The van der Waals surface area contributed by atoms with E-state index in [1.165, 1.54) is 6.33 Å². The molecule has 0 saturated heterocycles. The number of hydrogen-bond acceptors (Lipinski definition) is 4. The van der Waals surface area contributed by atoms with E-state index in [9.17, 15) is 5.11 Å². The molecule has 2 N–H and O–H groups in total. The molecule has 16 heavy (non-hydrogen) atoms. The number of nitrogens with one attached hydrogen (secondary N) is 1. The van der Waals surface area contributed by atoms with E-state index in [-0.39, 0.29) is 5.88 Å².